The Balaban J connectivity index is 1.45. The van der Waals surface area contributed by atoms with E-state index < -0.39 is 0 Å². The Hall–Kier alpha value is -1.78. The van der Waals surface area contributed by atoms with Gasteiger partial charge in [0.15, 0.2) is 0 Å². The first kappa shape index (κ1) is 16.4. The highest BCUT2D eigenvalue weighted by Crippen LogP contribution is 2.42. The SMILES string of the molecule is O=C(N1CCCc2ccccc21)N1C2C=C(c3ccsc3Cl)CC1CC2. The van der Waals surface area contributed by atoms with E-state index >= 15 is 0 Å². The fraction of sp³-hybridized carbons (Fsp3) is 0.381. The van der Waals surface area contributed by atoms with Crippen LogP contribution in [0.5, 0.6) is 0 Å². The molecule has 2 atom stereocenters. The molecule has 3 aliphatic rings. The number of amides is 2. The lowest BCUT2D eigenvalue weighted by Gasteiger charge is -2.39. The number of nitrogens with zero attached hydrogens (tertiary/aromatic N) is 2. The molecular formula is C21H21ClN2OS. The van der Waals surface area contributed by atoms with Gasteiger partial charge < -0.3 is 4.90 Å². The second-order valence-electron chi connectivity index (χ2n) is 7.38. The van der Waals surface area contributed by atoms with Crippen molar-refractivity contribution in [3.8, 4) is 0 Å². The molecule has 0 spiro atoms. The third-order valence-electron chi connectivity index (χ3n) is 5.92. The number of hydrogen-bond acceptors (Lipinski definition) is 2. The molecule has 0 saturated carbocycles. The van der Waals surface area contributed by atoms with Gasteiger partial charge >= 0.3 is 6.03 Å². The number of hydrogen-bond donors (Lipinski definition) is 0. The van der Waals surface area contributed by atoms with Crippen molar-refractivity contribution in [3.63, 3.8) is 0 Å². The van der Waals surface area contributed by atoms with Gasteiger partial charge in [0.25, 0.3) is 0 Å². The number of para-hydroxylation sites is 1. The molecule has 0 N–H and O–H groups in total. The first-order valence-corrected chi connectivity index (χ1v) is 10.6. The fourth-order valence-electron chi connectivity index (χ4n) is 4.72. The lowest BCUT2D eigenvalue weighted by atomic mass is 9.96. The quantitative estimate of drug-likeness (QED) is 0.628. The third kappa shape index (κ3) is 2.58. The van der Waals surface area contributed by atoms with Crippen LogP contribution in [0.1, 0.15) is 36.8 Å². The van der Waals surface area contributed by atoms with E-state index in [1.165, 1.54) is 11.1 Å². The van der Waals surface area contributed by atoms with E-state index in [2.05, 4.69) is 35.2 Å². The minimum atomic E-state index is 0.177. The van der Waals surface area contributed by atoms with Crippen LogP contribution >= 0.6 is 22.9 Å². The van der Waals surface area contributed by atoms with Crippen LogP contribution in [-0.4, -0.2) is 29.6 Å². The van der Waals surface area contributed by atoms with Crippen molar-refractivity contribution in [3.05, 3.63) is 57.3 Å². The zero-order chi connectivity index (χ0) is 17.7. The van der Waals surface area contributed by atoms with Gasteiger partial charge in [-0.2, -0.15) is 0 Å². The van der Waals surface area contributed by atoms with Crippen molar-refractivity contribution in [2.24, 2.45) is 0 Å². The average molecular weight is 385 g/mol. The summed E-state index contributed by atoms with van der Waals surface area (Å²) in [6, 6.07) is 11.1. The molecule has 2 unspecified atom stereocenters. The molecule has 0 aliphatic carbocycles. The number of rotatable bonds is 1. The molecule has 0 radical (unpaired) electrons. The van der Waals surface area contributed by atoms with Crippen molar-refractivity contribution >= 4 is 40.2 Å². The molecule has 3 aliphatic heterocycles. The molecule has 1 saturated heterocycles. The van der Waals surface area contributed by atoms with Crippen LogP contribution in [0, 0.1) is 0 Å². The summed E-state index contributed by atoms with van der Waals surface area (Å²) in [6.07, 6.45) is 7.43. The van der Waals surface area contributed by atoms with E-state index in [1.54, 1.807) is 11.3 Å². The number of aryl methyl sites for hydroxylation is 1. The van der Waals surface area contributed by atoms with Crippen LogP contribution in [0.2, 0.25) is 4.34 Å². The summed E-state index contributed by atoms with van der Waals surface area (Å²) in [5, 5.41) is 2.04. The maximum Gasteiger partial charge on any atom is 0.325 e. The number of fused-ring (bicyclic) bond motifs is 3. The van der Waals surface area contributed by atoms with Crippen molar-refractivity contribution in [2.45, 2.75) is 44.2 Å². The van der Waals surface area contributed by atoms with E-state index in [0.29, 0.717) is 0 Å². The van der Waals surface area contributed by atoms with Gasteiger partial charge in [-0.25, -0.2) is 4.79 Å². The van der Waals surface area contributed by atoms with Gasteiger partial charge in [0.1, 0.15) is 4.34 Å². The molecule has 5 heteroatoms. The number of carbonyl (C=O) groups is 1. The van der Waals surface area contributed by atoms with E-state index in [9.17, 15) is 4.79 Å². The Morgan fingerprint density at radius 1 is 1.19 bits per heavy atom. The highest BCUT2D eigenvalue weighted by molar-refractivity contribution is 7.14. The van der Waals surface area contributed by atoms with Crippen LogP contribution in [0.25, 0.3) is 5.57 Å². The number of anilines is 1. The predicted octanol–water partition coefficient (Wildman–Crippen LogP) is 5.59. The number of thiophene rings is 1. The maximum absolute atomic E-state index is 13.4. The highest BCUT2D eigenvalue weighted by Gasteiger charge is 2.42. The van der Waals surface area contributed by atoms with Crippen LogP contribution in [0.15, 0.2) is 41.8 Å². The minimum absolute atomic E-state index is 0.177. The number of urea groups is 1. The van der Waals surface area contributed by atoms with Crippen LogP contribution in [0.4, 0.5) is 10.5 Å². The van der Waals surface area contributed by atoms with Gasteiger partial charge in [-0.1, -0.05) is 35.9 Å². The molecule has 26 heavy (non-hydrogen) atoms. The van der Waals surface area contributed by atoms with Crippen LogP contribution in [0.3, 0.4) is 0 Å². The highest BCUT2D eigenvalue weighted by atomic mass is 35.5. The van der Waals surface area contributed by atoms with Crippen molar-refractivity contribution in [1.29, 1.82) is 0 Å². The van der Waals surface area contributed by atoms with E-state index in [1.807, 2.05) is 16.3 Å². The van der Waals surface area contributed by atoms with Gasteiger partial charge in [0, 0.05) is 23.8 Å². The molecule has 2 bridgehead atoms. The third-order valence-corrected chi connectivity index (χ3v) is 7.09. The van der Waals surface area contributed by atoms with Gasteiger partial charge in [0.2, 0.25) is 0 Å². The lowest BCUT2D eigenvalue weighted by molar-refractivity contribution is 0.186. The molecule has 1 aromatic heterocycles. The summed E-state index contributed by atoms with van der Waals surface area (Å²) in [4.78, 5) is 17.6. The Labute approximate surface area is 162 Å². The molecule has 3 nitrogen and oxygen atoms in total. The predicted molar refractivity (Wildman–Crippen MR) is 108 cm³/mol. The fourth-order valence-corrected chi connectivity index (χ4v) is 5.71. The van der Waals surface area contributed by atoms with Crippen molar-refractivity contribution in [1.82, 2.24) is 4.90 Å². The lowest BCUT2D eigenvalue weighted by Crippen LogP contribution is -2.51. The Bertz CT molecular complexity index is 890. The molecule has 1 fully saturated rings. The topological polar surface area (TPSA) is 23.6 Å². The second kappa shape index (κ2) is 6.43. The second-order valence-corrected chi connectivity index (χ2v) is 8.89. The number of carbonyl (C=O) groups excluding carboxylic acids is 1. The zero-order valence-corrected chi connectivity index (χ0v) is 16.1. The average Bonchev–Trinajstić information content (AvgIpc) is 3.21. The Kier molecular flexibility index (Phi) is 4.06. The Morgan fingerprint density at radius 3 is 2.88 bits per heavy atom. The minimum Gasteiger partial charge on any atom is -0.315 e. The summed E-state index contributed by atoms with van der Waals surface area (Å²) in [6.45, 7) is 0.818. The van der Waals surface area contributed by atoms with Gasteiger partial charge in [-0.3, -0.25) is 4.90 Å². The van der Waals surface area contributed by atoms with Gasteiger partial charge in [0.05, 0.1) is 6.04 Å². The summed E-state index contributed by atoms with van der Waals surface area (Å²) in [7, 11) is 0. The molecule has 1 aromatic carbocycles. The molecule has 4 heterocycles. The molecule has 5 rings (SSSR count). The summed E-state index contributed by atoms with van der Waals surface area (Å²) >= 11 is 7.93. The monoisotopic (exact) mass is 384 g/mol. The molecule has 2 aromatic rings. The standard InChI is InChI=1S/C21H21ClN2OS/c22-20-18(9-11-26-20)15-12-16-7-8-17(13-15)24(16)21(25)23-10-3-5-14-4-1-2-6-19(14)23/h1-2,4,6,9,11-12,16-17H,3,5,7-8,10,13H2. The maximum atomic E-state index is 13.4. The van der Waals surface area contributed by atoms with Gasteiger partial charge in [-0.05, 0) is 60.8 Å². The van der Waals surface area contributed by atoms with E-state index in [4.69, 9.17) is 11.6 Å². The van der Waals surface area contributed by atoms with Crippen molar-refractivity contribution in [2.75, 3.05) is 11.4 Å². The van der Waals surface area contributed by atoms with Crippen LogP contribution < -0.4 is 4.90 Å². The van der Waals surface area contributed by atoms with E-state index in [-0.39, 0.29) is 18.1 Å². The van der Waals surface area contributed by atoms with Crippen molar-refractivity contribution < 1.29 is 4.79 Å². The number of halogens is 1. The normalized spacial score (nSPS) is 24.4. The summed E-state index contributed by atoms with van der Waals surface area (Å²) < 4.78 is 0.861. The number of benzene rings is 1. The zero-order valence-electron chi connectivity index (χ0n) is 14.5. The van der Waals surface area contributed by atoms with Crippen LogP contribution in [-0.2, 0) is 6.42 Å². The molecular weight excluding hydrogens is 364 g/mol. The first-order chi connectivity index (χ1) is 12.7. The Morgan fingerprint density at radius 2 is 2.08 bits per heavy atom. The molecule has 2 amide bonds. The van der Waals surface area contributed by atoms with E-state index in [0.717, 1.165) is 54.2 Å². The van der Waals surface area contributed by atoms with Gasteiger partial charge in [-0.15, -0.1) is 11.3 Å². The molecule has 134 valence electrons. The smallest absolute Gasteiger partial charge is 0.315 e. The summed E-state index contributed by atoms with van der Waals surface area (Å²) in [5.41, 5.74) is 4.85. The largest absolute Gasteiger partial charge is 0.325 e. The summed E-state index contributed by atoms with van der Waals surface area (Å²) in [5.74, 6) is 0. The first-order valence-electron chi connectivity index (χ1n) is 9.34.